The highest BCUT2D eigenvalue weighted by Gasteiger charge is 2.12. The van der Waals surface area contributed by atoms with Crippen LogP contribution in [0.2, 0.25) is 10.0 Å². The summed E-state index contributed by atoms with van der Waals surface area (Å²) in [6.07, 6.45) is 0. The molecule has 0 bridgehead atoms. The molecular formula is C21H21Cl2NO2S. The predicted octanol–water partition coefficient (Wildman–Crippen LogP) is 6.32. The average molecular weight is 422 g/mol. The van der Waals surface area contributed by atoms with Gasteiger partial charge in [-0.25, -0.2) is 0 Å². The SMILES string of the molecule is CCOc1cccc(CNCc2cccs2)c1OCc1ccc(Cl)cc1Cl. The van der Waals surface area contributed by atoms with Crippen LogP contribution in [0.1, 0.15) is 22.9 Å². The average Bonchev–Trinajstić information content (AvgIpc) is 3.16. The van der Waals surface area contributed by atoms with Crippen molar-refractivity contribution in [3.8, 4) is 11.5 Å². The van der Waals surface area contributed by atoms with Gasteiger partial charge in [0.1, 0.15) is 6.61 Å². The summed E-state index contributed by atoms with van der Waals surface area (Å²) >= 11 is 14.0. The molecule has 3 rings (SSSR count). The molecule has 27 heavy (non-hydrogen) atoms. The predicted molar refractivity (Wildman–Crippen MR) is 113 cm³/mol. The standard InChI is InChI=1S/C21H21Cl2NO2S/c1-2-25-20-7-3-5-15(12-24-13-18-6-4-10-27-18)21(20)26-14-16-8-9-17(22)11-19(16)23/h3-11,24H,2,12-14H2,1H3. The Bertz CT molecular complexity index is 869. The molecule has 1 aromatic heterocycles. The first-order valence-corrected chi connectivity index (χ1v) is 10.4. The van der Waals surface area contributed by atoms with Crippen LogP contribution in [0.25, 0.3) is 0 Å². The van der Waals surface area contributed by atoms with Crippen molar-refractivity contribution < 1.29 is 9.47 Å². The maximum Gasteiger partial charge on any atom is 0.166 e. The number of rotatable bonds is 9. The third kappa shape index (κ3) is 5.63. The van der Waals surface area contributed by atoms with Crippen molar-refractivity contribution in [3.63, 3.8) is 0 Å². The quantitative estimate of drug-likeness (QED) is 0.438. The monoisotopic (exact) mass is 421 g/mol. The number of para-hydroxylation sites is 1. The van der Waals surface area contributed by atoms with Gasteiger partial charge in [0.25, 0.3) is 0 Å². The van der Waals surface area contributed by atoms with Gasteiger partial charge in [-0.2, -0.15) is 0 Å². The first kappa shape index (κ1) is 20.0. The Balaban J connectivity index is 1.73. The zero-order valence-electron chi connectivity index (χ0n) is 15.0. The molecule has 0 aliphatic rings. The number of hydrogen-bond donors (Lipinski definition) is 1. The Kier molecular flexibility index (Phi) is 7.41. The number of benzene rings is 2. The van der Waals surface area contributed by atoms with Crippen LogP contribution in [0.4, 0.5) is 0 Å². The van der Waals surface area contributed by atoms with Gasteiger partial charge >= 0.3 is 0 Å². The molecular weight excluding hydrogens is 401 g/mol. The van der Waals surface area contributed by atoms with Crippen LogP contribution in [-0.2, 0) is 19.7 Å². The van der Waals surface area contributed by atoms with Crippen LogP contribution in [-0.4, -0.2) is 6.61 Å². The minimum atomic E-state index is 0.345. The summed E-state index contributed by atoms with van der Waals surface area (Å²) < 4.78 is 11.9. The minimum absolute atomic E-state index is 0.345. The second-order valence-electron chi connectivity index (χ2n) is 5.88. The first-order chi connectivity index (χ1) is 13.2. The van der Waals surface area contributed by atoms with E-state index in [1.54, 1.807) is 17.4 Å². The third-order valence-corrected chi connectivity index (χ3v) is 5.41. The Morgan fingerprint density at radius 2 is 1.85 bits per heavy atom. The fourth-order valence-corrected chi connectivity index (χ4v) is 3.79. The van der Waals surface area contributed by atoms with Gasteiger partial charge in [0, 0.05) is 39.1 Å². The normalized spacial score (nSPS) is 10.8. The Morgan fingerprint density at radius 3 is 2.59 bits per heavy atom. The largest absolute Gasteiger partial charge is 0.490 e. The fourth-order valence-electron chi connectivity index (χ4n) is 2.66. The van der Waals surface area contributed by atoms with Gasteiger partial charge in [-0.15, -0.1) is 11.3 Å². The summed E-state index contributed by atoms with van der Waals surface area (Å²) in [5.74, 6) is 1.47. The molecule has 2 aromatic carbocycles. The topological polar surface area (TPSA) is 30.5 Å². The molecule has 0 amide bonds. The molecule has 6 heteroatoms. The Morgan fingerprint density at radius 1 is 0.963 bits per heavy atom. The van der Waals surface area contributed by atoms with E-state index in [1.165, 1.54) is 4.88 Å². The lowest BCUT2D eigenvalue weighted by Crippen LogP contribution is -2.13. The molecule has 0 saturated heterocycles. The molecule has 0 aliphatic heterocycles. The highest BCUT2D eigenvalue weighted by atomic mass is 35.5. The molecule has 142 valence electrons. The van der Waals surface area contributed by atoms with Crippen molar-refractivity contribution in [2.45, 2.75) is 26.6 Å². The number of halogens is 2. The summed E-state index contributed by atoms with van der Waals surface area (Å²) in [5, 5.41) is 6.74. The summed E-state index contributed by atoms with van der Waals surface area (Å²) in [4.78, 5) is 1.30. The summed E-state index contributed by atoms with van der Waals surface area (Å²) in [7, 11) is 0. The second kappa shape index (κ2) is 10.00. The van der Waals surface area contributed by atoms with E-state index in [1.807, 2.05) is 37.3 Å². The van der Waals surface area contributed by atoms with Crippen LogP contribution >= 0.6 is 34.5 Å². The van der Waals surface area contributed by atoms with E-state index in [4.69, 9.17) is 32.7 Å². The van der Waals surface area contributed by atoms with Crippen molar-refractivity contribution in [3.05, 3.63) is 80.0 Å². The molecule has 0 fully saturated rings. The van der Waals surface area contributed by atoms with Crippen molar-refractivity contribution in [1.29, 1.82) is 0 Å². The molecule has 1 heterocycles. The zero-order chi connectivity index (χ0) is 19.1. The van der Waals surface area contributed by atoms with Gasteiger partial charge in [0.2, 0.25) is 0 Å². The van der Waals surface area contributed by atoms with E-state index in [9.17, 15) is 0 Å². The van der Waals surface area contributed by atoms with Crippen LogP contribution in [0.5, 0.6) is 11.5 Å². The maximum atomic E-state index is 6.27. The van der Waals surface area contributed by atoms with Gasteiger partial charge in [-0.1, -0.05) is 47.5 Å². The zero-order valence-corrected chi connectivity index (χ0v) is 17.3. The molecule has 0 saturated carbocycles. The Labute approximate surface area is 173 Å². The Hall–Kier alpha value is -1.72. The number of hydrogen-bond acceptors (Lipinski definition) is 4. The van der Waals surface area contributed by atoms with E-state index in [0.717, 1.165) is 29.2 Å². The van der Waals surface area contributed by atoms with Crippen molar-refractivity contribution >= 4 is 34.5 Å². The molecule has 0 radical (unpaired) electrons. The molecule has 0 aliphatic carbocycles. The lowest BCUT2D eigenvalue weighted by atomic mass is 10.1. The molecule has 1 N–H and O–H groups in total. The summed E-state index contributed by atoms with van der Waals surface area (Å²) in [6.45, 7) is 4.38. The van der Waals surface area contributed by atoms with Crippen LogP contribution in [0.15, 0.2) is 53.9 Å². The van der Waals surface area contributed by atoms with E-state index in [2.05, 4.69) is 22.8 Å². The first-order valence-electron chi connectivity index (χ1n) is 8.72. The molecule has 0 atom stereocenters. The van der Waals surface area contributed by atoms with Crippen LogP contribution in [0.3, 0.4) is 0 Å². The highest BCUT2D eigenvalue weighted by molar-refractivity contribution is 7.09. The van der Waals surface area contributed by atoms with Crippen molar-refractivity contribution in [2.75, 3.05) is 6.61 Å². The number of thiophene rings is 1. The van der Waals surface area contributed by atoms with Gasteiger partial charge in [-0.05, 0) is 36.6 Å². The van der Waals surface area contributed by atoms with Crippen LogP contribution < -0.4 is 14.8 Å². The van der Waals surface area contributed by atoms with E-state index in [0.29, 0.717) is 29.8 Å². The second-order valence-corrected chi connectivity index (χ2v) is 7.76. The van der Waals surface area contributed by atoms with Crippen LogP contribution in [0, 0.1) is 0 Å². The molecule has 0 spiro atoms. The molecule has 3 aromatic rings. The lowest BCUT2D eigenvalue weighted by Gasteiger charge is -2.17. The number of nitrogens with one attached hydrogen (secondary N) is 1. The van der Waals surface area contributed by atoms with Gasteiger partial charge < -0.3 is 14.8 Å². The van der Waals surface area contributed by atoms with Crippen molar-refractivity contribution in [1.82, 2.24) is 5.32 Å². The van der Waals surface area contributed by atoms with Gasteiger partial charge in [0.15, 0.2) is 11.5 Å². The maximum absolute atomic E-state index is 6.27. The third-order valence-electron chi connectivity index (χ3n) is 3.94. The van der Waals surface area contributed by atoms with Gasteiger partial charge in [-0.3, -0.25) is 0 Å². The molecule has 0 unspecified atom stereocenters. The van der Waals surface area contributed by atoms with E-state index < -0.39 is 0 Å². The van der Waals surface area contributed by atoms with Gasteiger partial charge in [0.05, 0.1) is 6.61 Å². The lowest BCUT2D eigenvalue weighted by molar-refractivity contribution is 0.266. The highest BCUT2D eigenvalue weighted by Crippen LogP contribution is 2.33. The van der Waals surface area contributed by atoms with Crippen molar-refractivity contribution in [2.24, 2.45) is 0 Å². The summed E-state index contributed by atoms with van der Waals surface area (Å²) in [6, 6.07) is 15.5. The summed E-state index contributed by atoms with van der Waals surface area (Å²) in [5.41, 5.74) is 1.92. The number of ether oxygens (including phenoxy) is 2. The van der Waals surface area contributed by atoms with E-state index in [-0.39, 0.29) is 0 Å². The molecule has 3 nitrogen and oxygen atoms in total. The fraction of sp³-hybridized carbons (Fsp3) is 0.238. The smallest absolute Gasteiger partial charge is 0.166 e. The van der Waals surface area contributed by atoms with E-state index >= 15 is 0 Å². The minimum Gasteiger partial charge on any atom is -0.490 e.